The van der Waals surface area contributed by atoms with Crippen molar-refractivity contribution >= 4 is 29.9 Å². The van der Waals surface area contributed by atoms with Gasteiger partial charge in [-0.1, -0.05) is 35.0 Å². The summed E-state index contributed by atoms with van der Waals surface area (Å²) in [5.41, 5.74) is 1.41. The van der Waals surface area contributed by atoms with Gasteiger partial charge in [0, 0.05) is 5.56 Å². The molecule has 21 heavy (non-hydrogen) atoms. The zero-order valence-electron chi connectivity index (χ0n) is 11.1. The van der Waals surface area contributed by atoms with Gasteiger partial charge in [0.1, 0.15) is 12.0 Å². The Morgan fingerprint density at radius 2 is 2.24 bits per heavy atom. The molecule has 5 nitrogen and oxygen atoms in total. The second kappa shape index (κ2) is 6.76. The molecule has 0 unspecified atom stereocenters. The molecule has 0 aliphatic carbocycles. The molecule has 0 fully saturated rings. The highest BCUT2D eigenvalue weighted by Gasteiger charge is 2.15. The minimum Gasteiger partial charge on any atom is -0.506 e. The van der Waals surface area contributed by atoms with Gasteiger partial charge >= 0.3 is 5.97 Å². The van der Waals surface area contributed by atoms with Crippen molar-refractivity contribution < 1.29 is 19.5 Å². The fourth-order valence-electron chi connectivity index (χ4n) is 1.63. The minimum absolute atomic E-state index is 0.0423. The Labute approximate surface area is 126 Å². The first-order chi connectivity index (χ1) is 10.1. The number of aromatic hydroxyl groups is 1. The molecule has 0 bridgehead atoms. The van der Waals surface area contributed by atoms with Crippen molar-refractivity contribution in [3.05, 3.63) is 58.3 Å². The third-order valence-corrected chi connectivity index (χ3v) is 3.10. The molecule has 1 aliphatic rings. The standard InChI is InChI=1S/C15H12ClNO4/c1-20-15(19)12-5-4-11(14(18)13(12)16)3-2-10-6-8-17-21-9-7-10/h2-9,18H,1H3/b3-2+. The van der Waals surface area contributed by atoms with Crippen molar-refractivity contribution in [3.8, 4) is 5.75 Å². The van der Waals surface area contributed by atoms with E-state index in [4.69, 9.17) is 16.4 Å². The van der Waals surface area contributed by atoms with Crippen molar-refractivity contribution in [2.45, 2.75) is 0 Å². The number of esters is 1. The van der Waals surface area contributed by atoms with Gasteiger partial charge in [-0.3, -0.25) is 0 Å². The van der Waals surface area contributed by atoms with E-state index in [1.54, 1.807) is 30.4 Å². The molecule has 1 N–H and O–H groups in total. The highest BCUT2D eigenvalue weighted by Crippen LogP contribution is 2.32. The number of carbonyl (C=O) groups excluding carboxylic acids is 1. The van der Waals surface area contributed by atoms with E-state index in [2.05, 4.69) is 9.89 Å². The molecule has 0 aromatic heterocycles. The number of hydrogen-bond acceptors (Lipinski definition) is 5. The van der Waals surface area contributed by atoms with Crippen LogP contribution in [0.15, 0.2) is 47.4 Å². The number of rotatable bonds is 3. The number of ether oxygens (including phenoxy) is 1. The lowest BCUT2D eigenvalue weighted by atomic mass is 10.1. The average Bonchev–Trinajstić information content (AvgIpc) is 2.77. The molecule has 0 atom stereocenters. The van der Waals surface area contributed by atoms with Crippen molar-refractivity contribution in [2.75, 3.05) is 7.11 Å². The summed E-state index contributed by atoms with van der Waals surface area (Å²) in [5, 5.41) is 13.6. The van der Waals surface area contributed by atoms with Gasteiger partial charge in [0.15, 0.2) is 0 Å². The van der Waals surface area contributed by atoms with E-state index in [-0.39, 0.29) is 16.3 Å². The molecule has 108 valence electrons. The maximum absolute atomic E-state index is 11.5. The lowest BCUT2D eigenvalue weighted by molar-refractivity contribution is 0.0600. The molecule has 1 aliphatic heterocycles. The fraction of sp³-hybridized carbons (Fsp3) is 0.0667. The molecule has 0 radical (unpaired) electrons. The highest BCUT2D eigenvalue weighted by atomic mass is 35.5. The molecule has 6 heteroatoms. The lowest BCUT2D eigenvalue weighted by Gasteiger charge is -2.06. The van der Waals surface area contributed by atoms with Crippen LogP contribution in [0.1, 0.15) is 15.9 Å². The number of phenolic OH excluding ortho intramolecular Hbond substituents is 1. The lowest BCUT2D eigenvalue weighted by Crippen LogP contribution is -2.02. The van der Waals surface area contributed by atoms with Crippen molar-refractivity contribution in [2.24, 2.45) is 5.16 Å². The maximum atomic E-state index is 11.5. The van der Waals surface area contributed by atoms with Crippen LogP contribution in [0.4, 0.5) is 0 Å². The number of halogens is 1. The summed E-state index contributed by atoms with van der Waals surface area (Å²) in [6.45, 7) is 0. The Morgan fingerprint density at radius 1 is 1.43 bits per heavy atom. The summed E-state index contributed by atoms with van der Waals surface area (Å²) < 4.78 is 4.58. The first-order valence-electron chi connectivity index (χ1n) is 5.97. The smallest absolute Gasteiger partial charge is 0.339 e. The number of methoxy groups -OCH3 is 1. The quantitative estimate of drug-likeness (QED) is 0.870. The fourth-order valence-corrected chi connectivity index (χ4v) is 1.88. The van der Waals surface area contributed by atoms with Gasteiger partial charge in [0.05, 0.1) is 23.9 Å². The molecule has 1 aromatic rings. The van der Waals surface area contributed by atoms with Gasteiger partial charge in [-0.25, -0.2) is 4.79 Å². The number of oxime groups is 1. The maximum Gasteiger partial charge on any atom is 0.339 e. The Bertz CT molecular complexity index is 674. The summed E-state index contributed by atoms with van der Waals surface area (Å²) >= 11 is 5.97. The summed E-state index contributed by atoms with van der Waals surface area (Å²) in [5.74, 6) is -0.785. The zero-order chi connectivity index (χ0) is 15.2. The van der Waals surface area contributed by atoms with Gasteiger partial charge in [-0.05, 0) is 23.8 Å². The topological polar surface area (TPSA) is 68.1 Å². The van der Waals surface area contributed by atoms with Gasteiger partial charge in [-0.15, -0.1) is 0 Å². The third-order valence-electron chi connectivity index (χ3n) is 2.72. The van der Waals surface area contributed by atoms with Crippen molar-refractivity contribution in [1.82, 2.24) is 0 Å². The number of nitrogens with zero attached hydrogens (tertiary/aromatic N) is 1. The first-order valence-corrected chi connectivity index (χ1v) is 6.35. The summed E-state index contributed by atoms with van der Waals surface area (Å²) in [6.07, 6.45) is 9.81. The van der Waals surface area contributed by atoms with Crippen LogP contribution in [-0.4, -0.2) is 24.4 Å². The number of carbonyl (C=O) groups is 1. The van der Waals surface area contributed by atoms with Crippen molar-refractivity contribution in [1.29, 1.82) is 0 Å². The number of benzene rings is 1. The Balaban J connectivity index is 2.29. The zero-order valence-corrected chi connectivity index (χ0v) is 11.9. The number of hydrogen-bond donors (Lipinski definition) is 1. The molecule has 0 saturated heterocycles. The van der Waals surface area contributed by atoms with E-state index < -0.39 is 5.97 Å². The van der Waals surface area contributed by atoms with Gasteiger partial charge in [0.2, 0.25) is 0 Å². The van der Waals surface area contributed by atoms with Crippen LogP contribution < -0.4 is 0 Å². The normalized spacial score (nSPS) is 13.7. The predicted molar refractivity (Wildman–Crippen MR) is 80.3 cm³/mol. The molecule has 0 saturated carbocycles. The SMILES string of the molecule is COC(=O)c1ccc(/C=C/C2=CC=NOC=C2)c(O)c1Cl. The van der Waals surface area contributed by atoms with E-state index in [9.17, 15) is 9.90 Å². The Hall–Kier alpha value is -2.53. The third kappa shape index (κ3) is 3.52. The summed E-state index contributed by atoms with van der Waals surface area (Å²) in [7, 11) is 1.25. The van der Waals surface area contributed by atoms with Crippen LogP contribution in [-0.2, 0) is 9.57 Å². The van der Waals surface area contributed by atoms with Crippen LogP contribution in [0.3, 0.4) is 0 Å². The highest BCUT2D eigenvalue weighted by molar-refractivity contribution is 6.35. The van der Waals surface area contributed by atoms with Crippen LogP contribution in [0.2, 0.25) is 5.02 Å². The molecular weight excluding hydrogens is 294 g/mol. The molecule has 0 amide bonds. The first kappa shape index (κ1) is 14.9. The average molecular weight is 306 g/mol. The van der Waals surface area contributed by atoms with E-state index in [0.29, 0.717) is 5.56 Å². The number of phenols is 1. The van der Waals surface area contributed by atoms with E-state index in [1.165, 1.54) is 25.7 Å². The Kier molecular flexibility index (Phi) is 4.79. The summed E-state index contributed by atoms with van der Waals surface area (Å²) in [6, 6.07) is 3.07. The second-order valence-corrected chi connectivity index (χ2v) is 4.40. The molecule has 2 rings (SSSR count). The number of allylic oxidation sites excluding steroid dienone is 4. The van der Waals surface area contributed by atoms with E-state index in [1.807, 2.05) is 0 Å². The van der Waals surface area contributed by atoms with Crippen LogP contribution in [0.25, 0.3) is 6.08 Å². The van der Waals surface area contributed by atoms with Crippen LogP contribution in [0, 0.1) is 0 Å². The van der Waals surface area contributed by atoms with Crippen LogP contribution in [0.5, 0.6) is 5.75 Å². The molecule has 0 spiro atoms. The minimum atomic E-state index is -0.603. The monoisotopic (exact) mass is 305 g/mol. The van der Waals surface area contributed by atoms with Crippen molar-refractivity contribution in [3.63, 3.8) is 0 Å². The largest absolute Gasteiger partial charge is 0.506 e. The van der Waals surface area contributed by atoms with Crippen LogP contribution >= 0.6 is 11.6 Å². The van der Waals surface area contributed by atoms with Gasteiger partial charge in [-0.2, -0.15) is 0 Å². The molecule has 1 aromatic carbocycles. The predicted octanol–water partition coefficient (Wildman–Crippen LogP) is 3.30. The van der Waals surface area contributed by atoms with Gasteiger partial charge in [0.25, 0.3) is 0 Å². The van der Waals surface area contributed by atoms with E-state index in [0.717, 1.165) is 5.57 Å². The Morgan fingerprint density at radius 3 is 3.00 bits per heavy atom. The molecule has 1 heterocycles. The molecular formula is C15H12ClNO4. The summed E-state index contributed by atoms with van der Waals surface area (Å²) in [4.78, 5) is 16.2. The second-order valence-electron chi connectivity index (χ2n) is 4.02. The van der Waals surface area contributed by atoms with Gasteiger partial charge < -0.3 is 14.7 Å². The van der Waals surface area contributed by atoms with E-state index >= 15 is 0 Å².